The number of guanidine groups is 1. The van der Waals surface area contributed by atoms with Gasteiger partial charge < -0.3 is 5.32 Å². The second-order valence-corrected chi connectivity index (χ2v) is 4.79. The summed E-state index contributed by atoms with van der Waals surface area (Å²) in [6.45, 7) is 4.01. The number of rotatable bonds is 1. The first-order valence-corrected chi connectivity index (χ1v) is 5.80. The molecule has 0 atom stereocenters. The molecule has 1 amide bonds. The van der Waals surface area contributed by atoms with E-state index in [0.29, 0.717) is 5.96 Å². The van der Waals surface area contributed by atoms with Crippen molar-refractivity contribution in [2.45, 2.75) is 57.5 Å². The number of amides is 1. The van der Waals surface area contributed by atoms with E-state index in [9.17, 15) is 4.79 Å². The molecule has 1 aliphatic carbocycles. The van der Waals surface area contributed by atoms with Crippen LogP contribution in [0.4, 0.5) is 0 Å². The van der Waals surface area contributed by atoms with E-state index < -0.39 is 0 Å². The Hall–Kier alpha value is -1.06. The summed E-state index contributed by atoms with van der Waals surface area (Å²) in [6.07, 6.45) is 5.39. The highest BCUT2D eigenvalue weighted by molar-refractivity contribution is 6.09. The Balaban J connectivity index is 2.12. The van der Waals surface area contributed by atoms with E-state index in [1.54, 1.807) is 0 Å². The van der Waals surface area contributed by atoms with Crippen LogP contribution in [-0.4, -0.2) is 23.4 Å². The largest absolute Gasteiger partial charge is 0.342 e. The van der Waals surface area contributed by atoms with Gasteiger partial charge in [-0.3, -0.25) is 15.1 Å². The Bertz CT molecular complexity index is 290. The molecule has 1 saturated carbocycles. The van der Waals surface area contributed by atoms with E-state index >= 15 is 0 Å². The number of hydrogen-bond acceptors (Lipinski definition) is 2. The number of carbonyl (C=O) groups is 1. The number of aliphatic imine (C=N–C) groups is 1. The van der Waals surface area contributed by atoms with Crippen LogP contribution in [0.1, 0.15) is 46.0 Å². The molecule has 0 unspecified atom stereocenters. The van der Waals surface area contributed by atoms with Gasteiger partial charge in [0.05, 0.1) is 0 Å². The van der Waals surface area contributed by atoms with Crippen LogP contribution in [0.2, 0.25) is 0 Å². The van der Waals surface area contributed by atoms with Crippen LogP contribution >= 0.6 is 0 Å². The van der Waals surface area contributed by atoms with E-state index in [4.69, 9.17) is 0 Å². The van der Waals surface area contributed by atoms with Crippen LogP contribution in [0.3, 0.4) is 0 Å². The molecular weight excluding hydrogens is 190 g/mol. The minimum Gasteiger partial charge on any atom is -0.342 e. The Kier molecular flexibility index (Phi) is 2.67. The topological polar surface area (TPSA) is 53.5 Å². The summed E-state index contributed by atoms with van der Waals surface area (Å²) in [6, 6.07) is 0.214. The lowest BCUT2D eigenvalue weighted by molar-refractivity contribution is -0.125. The van der Waals surface area contributed by atoms with Crippen molar-refractivity contribution in [2.75, 3.05) is 0 Å². The van der Waals surface area contributed by atoms with Gasteiger partial charge in [0.15, 0.2) is 5.96 Å². The second-order valence-electron chi connectivity index (χ2n) is 4.79. The first-order valence-electron chi connectivity index (χ1n) is 5.80. The fraction of sp³-hybridized carbons (Fsp3) is 0.818. The van der Waals surface area contributed by atoms with Crippen LogP contribution < -0.4 is 10.6 Å². The van der Waals surface area contributed by atoms with E-state index in [2.05, 4.69) is 15.6 Å². The zero-order chi connectivity index (χ0) is 10.9. The fourth-order valence-electron chi connectivity index (χ4n) is 2.37. The minimum atomic E-state index is -0.341. The van der Waals surface area contributed by atoms with E-state index in [1.165, 1.54) is 6.42 Å². The van der Waals surface area contributed by atoms with Crippen molar-refractivity contribution in [2.24, 2.45) is 4.99 Å². The molecule has 84 valence electrons. The van der Waals surface area contributed by atoms with Gasteiger partial charge in [0.25, 0.3) is 5.91 Å². The smallest absolute Gasteiger partial charge is 0.252 e. The summed E-state index contributed by atoms with van der Waals surface area (Å²) in [7, 11) is 0. The zero-order valence-electron chi connectivity index (χ0n) is 9.47. The third kappa shape index (κ3) is 1.98. The maximum absolute atomic E-state index is 11.9. The molecule has 1 aliphatic heterocycles. The molecule has 1 heterocycles. The SMILES string of the molecule is CC(C)N=C1NC(=O)C2(CCCCC2)N1. The molecule has 15 heavy (non-hydrogen) atoms. The molecule has 2 fully saturated rings. The molecule has 0 radical (unpaired) electrons. The van der Waals surface area contributed by atoms with Crippen molar-refractivity contribution in [1.82, 2.24) is 10.6 Å². The Morgan fingerprint density at radius 3 is 2.53 bits per heavy atom. The highest BCUT2D eigenvalue weighted by atomic mass is 16.2. The molecule has 0 bridgehead atoms. The molecule has 1 saturated heterocycles. The first-order chi connectivity index (χ1) is 7.12. The average Bonchev–Trinajstić information content (AvgIpc) is 2.43. The molecule has 0 aromatic heterocycles. The number of carbonyl (C=O) groups excluding carboxylic acids is 1. The van der Waals surface area contributed by atoms with Crippen molar-refractivity contribution in [3.63, 3.8) is 0 Å². The maximum atomic E-state index is 11.9. The van der Waals surface area contributed by atoms with E-state index in [-0.39, 0.29) is 17.5 Å². The van der Waals surface area contributed by atoms with Crippen molar-refractivity contribution in [1.29, 1.82) is 0 Å². The second kappa shape index (κ2) is 3.83. The average molecular weight is 209 g/mol. The minimum absolute atomic E-state index is 0.113. The Morgan fingerprint density at radius 1 is 1.27 bits per heavy atom. The molecule has 0 aromatic carbocycles. The van der Waals surface area contributed by atoms with Crippen molar-refractivity contribution in [3.05, 3.63) is 0 Å². The van der Waals surface area contributed by atoms with Gasteiger partial charge in [-0.05, 0) is 26.7 Å². The van der Waals surface area contributed by atoms with Crippen molar-refractivity contribution in [3.8, 4) is 0 Å². The van der Waals surface area contributed by atoms with Gasteiger partial charge in [-0.2, -0.15) is 0 Å². The van der Waals surface area contributed by atoms with E-state index in [0.717, 1.165) is 25.7 Å². The van der Waals surface area contributed by atoms with Crippen molar-refractivity contribution < 1.29 is 4.79 Å². The molecule has 2 N–H and O–H groups in total. The monoisotopic (exact) mass is 209 g/mol. The summed E-state index contributed by atoms with van der Waals surface area (Å²) in [4.78, 5) is 16.2. The molecule has 4 heteroatoms. The molecule has 1 spiro atoms. The van der Waals surface area contributed by atoms with Gasteiger partial charge in [-0.1, -0.05) is 19.3 Å². The van der Waals surface area contributed by atoms with Crippen LogP contribution in [0, 0.1) is 0 Å². The van der Waals surface area contributed by atoms with Crippen LogP contribution in [0.15, 0.2) is 4.99 Å². The van der Waals surface area contributed by atoms with Crippen LogP contribution in [0.25, 0.3) is 0 Å². The number of nitrogens with zero attached hydrogens (tertiary/aromatic N) is 1. The lowest BCUT2D eigenvalue weighted by Gasteiger charge is -2.30. The highest BCUT2D eigenvalue weighted by Gasteiger charge is 2.45. The van der Waals surface area contributed by atoms with Gasteiger partial charge >= 0.3 is 0 Å². The molecular formula is C11H19N3O. The summed E-state index contributed by atoms with van der Waals surface area (Å²) in [5, 5.41) is 6.12. The van der Waals surface area contributed by atoms with Gasteiger partial charge in [0.2, 0.25) is 0 Å². The third-order valence-electron chi connectivity index (χ3n) is 3.12. The quantitative estimate of drug-likeness (QED) is 0.681. The standard InChI is InChI=1S/C11H19N3O/c1-8(2)12-10-13-9(15)11(14-10)6-4-3-5-7-11/h8H,3-7H2,1-2H3,(H2,12,13,14,15). The van der Waals surface area contributed by atoms with Crippen LogP contribution in [-0.2, 0) is 4.79 Å². The van der Waals surface area contributed by atoms with Gasteiger partial charge in [0, 0.05) is 6.04 Å². The molecule has 2 rings (SSSR count). The summed E-state index contributed by atoms with van der Waals surface area (Å²) >= 11 is 0. The maximum Gasteiger partial charge on any atom is 0.252 e. The summed E-state index contributed by atoms with van der Waals surface area (Å²) in [5.41, 5.74) is -0.341. The predicted molar refractivity (Wildman–Crippen MR) is 59.7 cm³/mol. The lowest BCUT2D eigenvalue weighted by atomic mass is 9.82. The van der Waals surface area contributed by atoms with Gasteiger partial charge in [-0.25, -0.2) is 0 Å². The third-order valence-corrected chi connectivity index (χ3v) is 3.12. The lowest BCUT2D eigenvalue weighted by Crippen LogP contribution is -2.48. The molecule has 0 aromatic rings. The van der Waals surface area contributed by atoms with Gasteiger partial charge in [-0.15, -0.1) is 0 Å². The molecule has 4 nitrogen and oxygen atoms in total. The highest BCUT2D eigenvalue weighted by Crippen LogP contribution is 2.30. The van der Waals surface area contributed by atoms with Gasteiger partial charge in [0.1, 0.15) is 5.54 Å². The number of hydrogen-bond donors (Lipinski definition) is 2. The van der Waals surface area contributed by atoms with E-state index in [1.807, 2.05) is 13.8 Å². The zero-order valence-corrected chi connectivity index (χ0v) is 9.47. The normalized spacial score (nSPS) is 27.1. The van der Waals surface area contributed by atoms with Crippen molar-refractivity contribution >= 4 is 11.9 Å². The summed E-state index contributed by atoms with van der Waals surface area (Å²) in [5.74, 6) is 0.776. The predicted octanol–water partition coefficient (Wildman–Crippen LogP) is 1.17. The summed E-state index contributed by atoms with van der Waals surface area (Å²) < 4.78 is 0. The Morgan fingerprint density at radius 2 is 1.93 bits per heavy atom. The number of nitrogens with one attached hydrogen (secondary N) is 2. The van der Waals surface area contributed by atoms with Crippen LogP contribution in [0.5, 0.6) is 0 Å². The molecule has 2 aliphatic rings. The fourth-order valence-corrected chi connectivity index (χ4v) is 2.37. The Labute approximate surface area is 90.5 Å². The first kappa shape index (κ1) is 10.5.